The minimum absolute atomic E-state index is 0.324. The first kappa shape index (κ1) is 19.7. The van der Waals surface area contributed by atoms with Gasteiger partial charge in [0.2, 0.25) is 0 Å². The first-order valence-corrected chi connectivity index (χ1v) is 8.39. The summed E-state index contributed by atoms with van der Waals surface area (Å²) in [5, 5.41) is 3.12. The number of hydrogen-bond donors (Lipinski definition) is 1. The van der Waals surface area contributed by atoms with Crippen LogP contribution in [0.15, 0.2) is 22.7 Å². The molecule has 1 N–H and O–H groups in total. The van der Waals surface area contributed by atoms with Crippen molar-refractivity contribution in [1.29, 1.82) is 0 Å². The van der Waals surface area contributed by atoms with Crippen molar-refractivity contribution in [3.05, 3.63) is 28.5 Å². The van der Waals surface area contributed by atoms with Gasteiger partial charge in [-0.15, -0.1) is 0 Å². The lowest BCUT2D eigenvalue weighted by atomic mass is 10.1. The number of carbonyl (C=O) groups excluding carboxylic acids is 1. The summed E-state index contributed by atoms with van der Waals surface area (Å²) in [4.78, 5) is 14.0. The summed E-state index contributed by atoms with van der Waals surface area (Å²) in [6.45, 7) is 12.3. The summed E-state index contributed by atoms with van der Waals surface area (Å²) in [5.74, 6) is -0.324. The molecule has 0 fully saturated rings. The zero-order valence-electron chi connectivity index (χ0n) is 14.7. The van der Waals surface area contributed by atoms with Gasteiger partial charge in [-0.1, -0.05) is 0 Å². The van der Waals surface area contributed by atoms with Crippen LogP contribution in [0.3, 0.4) is 0 Å². The Morgan fingerprint density at radius 2 is 1.87 bits per heavy atom. The van der Waals surface area contributed by atoms with E-state index in [0.717, 1.165) is 0 Å². The highest BCUT2D eigenvalue weighted by Gasteiger charge is 2.30. The molecule has 0 unspecified atom stereocenters. The molecule has 1 aromatic carbocycles. The number of benzene rings is 1. The van der Waals surface area contributed by atoms with Gasteiger partial charge in [-0.25, -0.2) is 9.18 Å². The molecule has 0 atom stereocenters. The molecule has 130 valence electrons. The lowest BCUT2D eigenvalue weighted by Crippen LogP contribution is -2.49. The molecule has 0 aliphatic heterocycles. The summed E-state index contributed by atoms with van der Waals surface area (Å²) < 4.78 is 19.4. The smallest absolute Gasteiger partial charge is 0.410 e. The number of nitrogens with one attached hydrogen (secondary N) is 1. The Hall–Kier alpha value is -1.30. The summed E-state index contributed by atoms with van der Waals surface area (Å²) in [6.07, 6.45) is -0.353. The van der Waals surface area contributed by atoms with E-state index in [1.165, 1.54) is 6.07 Å². The average Bonchev–Trinajstić information content (AvgIpc) is 2.35. The Kier molecular flexibility index (Phi) is 6.45. The number of hydrogen-bond acceptors (Lipinski definition) is 3. The molecular weight excluding hydrogens is 363 g/mol. The van der Waals surface area contributed by atoms with Crippen molar-refractivity contribution < 1.29 is 13.9 Å². The van der Waals surface area contributed by atoms with Gasteiger partial charge in [0.25, 0.3) is 0 Å². The summed E-state index contributed by atoms with van der Waals surface area (Å²) in [7, 11) is 0. The fraction of sp³-hybridized carbons (Fsp3) is 0.588. The fourth-order valence-electron chi connectivity index (χ4n) is 1.94. The van der Waals surface area contributed by atoms with Crippen LogP contribution < -0.4 is 5.32 Å². The highest BCUT2D eigenvalue weighted by molar-refractivity contribution is 9.10. The Morgan fingerprint density at radius 1 is 1.26 bits per heavy atom. The van der Waals surface area contributed by atoms with Crippen LogP contribution in [0, 0.1) is 5.82 Å². The van der Waals surface area contributed by atoms with Gasteiger partial charge in [-0.2, -0.15) is 0 Å². The molecule has 1 rings (SSSR count). The van der Waals surface area contributed by atoms with Crippen LogP contribution in [-0.2, 0) is 4.74 Å². The molecule has 6 heteroatoms. The topological polar surface area (TPSA) is 41.6 Å². The molecule has 0 spiro atoms. The predicted octanol–water partition coefficient (Wildman–Crippen LogP) is 5.04. The zero-order chi connectivity index (χ0) is 17.8. The number of halogens is 2. The van der Waals surface area contributed by atoms with Crippen molar-refractivity contribution in [3.63, 3.8) is 0 Å². The van der Waals surface area contributed by atoms with Gasteiger partial charge < -0.3 is 15.0 Å². The summed E-state index contributed by atoms with van der Waals surface area (Å²) >= 11 is 3.12. The Labute approximate surface area is 146 Å². The van der Waals surface area contributed by atoms with E-state index in [4.69, 9.17) is 4.74 Å². The molecule has 4 nitrogen and oxygen atoms in total. The quantitative estimate of drug-likeness (QED) is 0.785. The van der Waals surface area contributed by atoms with E-state index in [-0.39, 0.29) is 17.4 Å². The van der Waals surface area contributed by atoms with Gasteiger partial charge in [0.05, 0.1) is 4.47 Å². The van der Waals surface area contributed by atoms with Crippen LogP contribution >= 0.6 is 15.9 Å². The minimum Gasteiger partial charge on any atom is -0.444 e. The maximum Gasteiger partial charge on any atom is 0.410 e. The summed E-state index contributed by atoms with van der Waals surface area (Å²) in [6, 6.07) is 4.84. The van der Waals surface area contributed by atoms with Gasteiger partial charge in [-0.05, 0) is 75.7 Å². The third-order valence-electron chi connectivity index (χ3n) is 3.01. The van der Waals surface area contributed by atoms with E-state index in [1.807, 2.05) is 41.5 Å². The fourth-order valence-corrected chi connectivity index (χ4v) is 2.18. The number of nitrogens with zero attached hydrogens (tertiary/aromatic N) is 1. The molecule has 0 aliphatic carbocycles. The third-order valence-corrected chi connectivity index (χ3v) is 3.65. The van der Waals surface area contributed by atoms with Crippen LogP contribution in [0.2, 0.25) is 0 Å². The van der Waals surface area contributed by atoms with Crippen LogP contribution in [0.4, 0.5) is 14.9 Å². The molecule has 0 aromatic heterocycles. The number of carbonyl (C=O) groups is 1. The molecule has 1 aromatic rings. The summed E-state index contributed by atoms with van der Waals surface area (Å²) in [5.41, 5.74) is -0.235. The van der Waals surface area contributed by atoms with E-state index in [0.29, 0.717) is 23.2 Å². The zero-order valence-corrected chi connectivity index (χ0v) is 16.3. The van der Waals surface area contributed by atoms with Gasteiger partial charge in [-0.3, -0.25) is 0 Å². The average molecular weight is 389 g/mol. The molecule has 0 saturated heterocycles. The van der Waals surface area contributed by atoms with E-state index >= 15 is 0 Å². The molecule has 0 bridgehead atoms. The second-order valence-electron chi connectivity index (χ2n) is 7.36. The van der Waals surface area contributed by atoms with Gasteiger partial charge in [0.15, 0.2) is 0 Å². The van der Waals surface area contributed by atoms with Crippen LogP contribution in [0.1, 0.15) is 41.5 Å². The molecule has 0 saturated carbocycles. The molecule has 0 heterocycles. The lowest BCUT2D eigenvalue weighted by molar-refractivity contribution is 0.00749. The normalized spacial score (nSPS) is 12.0. The number of amides is 1. The molecule has 0 aliphatic rings. The van der Waals surface area contributed by atoms with Crippen LogP contribution in [-0.4, -0.2) is 35.2 Å². The maximum atomic E-state index is 13.5. The van der Waals surface area contributed by atoms with Gasteiger partial charge in [0, 0.05) is 24.3 Å². The number of rotatable bonds is 4. The minimum atomic E-state index is -0.539. The van der Waals surface area contributed by atoms with Crippen molar-refractivity contribution in [2.24, 2.45) is 0 Å². The number of ether oxygens (including phenoxy) is 1. The predicted molar refractivity (Wildman–Crippen MR) is 95.3 cm³/mol. The third kappa shape index (κ3) is 6.77. The monoisotopic (exact) mass is 388 g/mol. The van der Waals surface area contributed by atoms with E-state index in [9.17, 15) is 9.18 Å². The second-order valence-corrected chi connectivity index (χ2v) is 8.21. The van der Waals surface area contributed by atoms with Crippen molar-refractivity contribution in [1.82, 2.24) is 4.90 Å². The molecule has 1 amide bonds. The van der Waals surface area contributed by atoms with Crippen LogP contribution in [0.25, 0.3) is 0 Å². The van der Waals surface area contributed by atoms with Crippen molar-refractivity contribution in [2.45, 2.75) is 52.7 Å². The number of anilines is 1. The maximum absolute atomic E-state index is 13.5. The van der Waals surface area contributed by atoms with Crippen molar-refractivity contribution in [2.75, 3.05) is 18.4 Å². The van der Waals surface area contributed by atoms with E-state index in [1.54, 1.807) is 17.0 Å². The van der Waals surface area contributed by atoms with Crippen LogP contribution in [0.5, 0.6) is 0 Å². The molecule has 23 heavy (non-hydrogen) atoms. The Bertz CT molecular complexity index is 551. The first-order valence-electron chi connectivity index (χ1n) is 7.60. The first-order chi connectivity index (χ1) is 10.4. The molecular formula is C17H26BrFN2O2. The van der Waals surface area contributed by atoms with Gasteiger partial charge >= 0.3 is 6.09 Å². The van der Waals surface area contributed by atoms with Crippen molar-refractivity contribution >= 4 is 27.7 Å². The highest BCUT2D eigenvalue weighted by Crippen LogP contribution is 2.20. The van der Waals surface area contributed by atoms with E-state index < -0.39 is 5.60 Å². The lowest BCUT2D eigenvalue weighted by Gasteiger charge is -2.37. The largest absolute Gasteiger partial charge is 0.444 e. The Balaban J connectivity index is 2.68. The molecule has 0 radical (unpaired) electrons. The second kappa shape index (κ2) is 7.51. The SMILES string of the molecule is CC(C)(C)OC(=O)N(CCNc1ccc(Br)c(F)c1)C(C)(C)C. The van der Waals surface area contributed by atoms with Gasteiger partial charge in [0.1, 0.15) is 11.4 Å². The van der Waals surface area contributed by atoms with E-state index in [2.05, 4.69) is 21.2 Å². The Morgan fingerprint density at radius 3 is 2.35 bits per heavy atom. The highest BCUT2D eigenvalue weighted by atomic mass is 79.9. The van der Waals surface area contributed by atoms with Crippen molar-refractivity contribution in [3.8, 4) is 0 Å². The standard InChI is InChI=1S/C17H26BrFN2O2/c1-16(2,3)21(15(22)23-17(4,5)6)10-9-20-12-7-8-13(18)14(19)11-12/h7-8,11,20H,9-10H2,1-6H3.